The van der Waals surface area contributed by atoms with Gasteiger partial charge < -0.3 is 10.6 Å². The molecule has 1 aromatic rings. The van der Waals surface area contributed by atoms with Crippen molar-refractivity contribution in [2.24, 2.45) is 5.92 Å². The number of benzene rings is 1. The molecule has 1 aliphatic rings. The minimum absolute atomic E-state index is 0.0474. The maximum absolute atomic E-state index is 12.3. The van der Waals surface area contributed by atoms with E-state index in [1.807, 2.05) is 23.9 Å². The molecule has 0 aliphatic carbocycles. The molecule has 0 spiro atoms. The maximum Gasteiger partial charge on any atom is 0.225 e. The molecule has 0 saturated heterocycles. The van der Waals surface area contributed by atoms with Crippen LogP contribution >= 0.6 is 11.8 Å². The second kappa shape index (κ2) is 7.58. The van der Waals surface area contributed by atoms with Crippen LogP contribution in [0.5, 0.6) is 0 Å². The lowest BCUT2D eigenvalue weighted by Gasteiger charge is -2.26. The van der Waals surface area contributed by atoms with E-state index in [4.69, 9.17) is 0 Å². The number of carbonyl (C=O) groups excluding carboxylic acids is 1. The number of thioether (sulfide) groups is 1. The average molecular weight is 292 g/mol. The third-order valence-corrected chi connectivity index (χ3v) is 4.61. The molecule has 0 bridgehead atoms. The highest BCUT2D eigenvalue weighted by molar-refractivity contribution is 7.99. The van der Waals surface area contributed by atoms with Crippen LogP contribution in [0, 0.1) is 5.92 Å². The fraction of sp³-hybridized carbons (Fsp3) is 0.562. The second-order valence-corrected chi connectivity index (χ2v) is 6.73. The lowest BCUT2D eigenvalue weighted by molar-refractivity contribution is -0.125. The van der Waals surface area contributed by atoms with Gasteiger partial charge in [-0.25, -0.2) is 0 Å². The van der Waals surface area contributed by atoms with Gasteiger partial charge in [-0.2, -0.15) is 11.8 Å². The lowest BCUT2D eigenvalue weighted by atomic mass is 9.93. The van der Waals surface area contributed by atoms with E-state index in [-0.39, 0.29) is 17.9 Å². The Bertz CT molecular complexity index is 450. The van der Waals surface area contributed by atoms with Gasteiger partial charge in [0.2, 0.25) is 5.91 Å². The van der Waals surface area contributed by atoms with Crippen molar-refractivity contribution in [1.29, 1.82) is 0 Å². The van der Waals surface area contributed by atoms with Crippen molar-refractivity contribution in [2.75, 3.05) is 23.4 Å². The Morgan fingerprint density at radius 1 is 1.50 bits per heavy atom. The predicted molar refractivity (Wildman–Crippen MR) is 87.3 cm³/mol. The molecule has 110 valence electrons. The van der Waals surface area contributed by atoms with Gasteiger partial charge in [-0.05, 0) is 42.9 Å². The molecule has 3 nitrogen and oxygen atoms in total. The highest BCUT2D eigenvalue weighted by Crippen LogP contribution is 2.24. The van der Waals surface area contributed by atoms with E-state index >= 15 is 0 Å². The van der Waals surface area contributed by atoms with Gasteiger partial charge in [0.1, 0.15) is 0 Å². The number of para-hydroxylation sites is 1. The van der Waals surface area contributed by atoms with Crippen molar-refractivity contribution in [3.8, 4) is 0 Å². The number of anilines is 1. The molecule has 1 aliphatic heterocycles. The van der Waals surface area contributed by atoms with Crippen LogP contribution in [0.3, 0.4) is 0 Å². The van der Waals surface area contributed by atoms with Gasteiger partial charge in [-0.3, -0.25) is 4.79 Å². The molecule has 2 unspecified atom stereocenters. The van der Waals surface area contributed by atoms with E-state index in [1.54, 1.807) is 0 Å². The summed E-state index contributed by atoms with van der Waals surface area (Å²) in [4.78, 5) is 12.3. The van der Waals surface area contributed by atoms with Crippen LogP contribution in [0.4, 0.5) is 5.69 Å². The molecule has 0 fully saturated rings. The third-order valence-electron chi connectivity index (χ3n) is 3.68. The minimum Gasteiger partial charge on any atom is -0.384 e. The smallest absolute Gasteiger partial charge is 0.225 e. The number of rotatable bonds is 6. The Morgan fingerprint density at radius 2 is 2.30 bits per heavy atom. The van der Waals surface area contributed by atoms with Crippen LogP contribution in [-0.4, -0.2) is 30.0 Å². The number of nitrogens with one attached hydrogen (secondary N) is 2. The molecule has 2 atom stereocenters. The first-order valence-corrected chi connectivity index (χ1v) is 8.56. The number of fused-ring (bicyclic) bond motifs is 1. The van der Waals surface area contributed by atoms with Gasteiger partial charge in [0.05, 0.1) is 5.92 Å². The fourth-order valence-corrected chi connectivity index (χ4v) is 3.27. The Morgan fingerprint density at radius 3 is 3.10 bits per heavy atom. The van der Waals surface area contributed by atoms with Crippen LogP contribution < -0.4 is 10.6 Å². The molecule has 1 aromatic carbocycles. The van der Waals surface area contributed by atoms with Crippen molar-refractivity contribution in [2.45, 2.75) is 32.7 Å². The Balaban J connectivity index is 1.82. The molecule has 4 heteroatoms. The Hall–Kier alpha value is -1.16. The average Bonchev–Trinajstić information content (AvgIpc) is 2.47. The van der Waals surface area contributed by atoms with Crippen molar-refractivity contribution < 1.29 is 4.79 Å². The number of hydrogen-bond acceptors (Lipinski definition) is 3. The summed E-state index contributed by atoms with van der Waals surface area (Å²) >= 11 is 1.93. The van der Waals surface area contributed by atoms with E-state index in [0.717, 1.165) is 30.9 Å². The van der Waals surface area contributed by atoms with E-state index in [9.17, 15) is 4.79 Å². The number of amides is 1. The van der Waals surface area contributed by atoms with Gasteiger partial charge in [0.15, 0.2) is 0 Å². The first-order valence-electron chi connectivity index (χ1n) is 7.40. The summed E-state index contributed by atoms with van der Waals surface area (Å²) < 4.78 is 0. The van der Waals surface area contributed by atoms with Gasteiger partial charge in [0.25, 0.3) is 0 Å². The summed E-state index contributed by atoms with van der Waals surface area (Å²) in [6.07, 6.45) is 1.88. The molecule has 1 heterocycles. The van der Waals surface area contributed by atoms with Crippen LogP contribution in [0.15, 0.2) is 24.3 Å². The van der Waals surface area contributed by atoms with Crippen molar-refractivity contribution in [1.82, 2.24) is 5.32 Å². The monoisotopic (exact) mass is 292 g/mol. The zero-order chi connectivity index (χ0) is 14.4. The summed E-state index contributed by atoms with van der Waals surface area (Å²) in [7, 11) is 0. The highest BCUT2D eigenvalue weighted by Gasteiger charge is 2.24. The largest absolute Gasteiger partial charge is 0.384 e. The Labute approximate surface area is 125 Å². The van der Waals surface area contributed by atoms with Gasteiger partial charge in [-0.15, -0.1) is 0 Å². The van der Waals surface area contributed by atoms with Crippen LogP contribution in [0.1, 0.15) is 25.8 Å². The molecule has 2 rings (SSSR count). The quantitative estimate of drug-likeness (QED) is 0.792. The van der Waals surface area contributed by atoms with Crippen molar-refractivity contribution >= 4 is 23.4 Å². The first-order chi connectivity index (χ1) is 9.70. The van der Waals surface area contributed by atoms with E-state index in [0.29, 0.717) is 0 Å². The fourth-order valence-electron chi connectivity index (χ4n) is 2.46. The summed E-state index contributed by atoms with van der Waals surface area (Å²) in [5, 5.41) is 6.50. The number of hydrogen-bond donors (Lipinski definition) is 2. The zero-order valence-corrected chi connectivity index (χ0v) is 13.1. The molecule has 0 saturated carbocycles. The van der Waals surface area contributed by atoms with E-state index < -0.39 is 0 Å². The van der Waals surface area contributed by atoms with E-state index in [1.165, 1.54) is 11.3 Å². The van der Waals surface area contributed by atoms with Crippen molar-refractivity contribution in [3.05, 3.63) is 29.8 Å². The highest BCUT2D eigenvalue weighted by atomic mass is 32.2. The van der Waals surface area contributed by atoms with E-state index in [2.05, 4.69) is 36.6 Å². The van der Waals surface area contributed by atoms with Gasteiger partial charge >= 0.3 is 0 Å². The summed E-state index contributed by atoms with van der Waals surface area (Å²) in [5.74, 6) is 2.49. The number of carbonyl (C=O) groups is 1. The normalized spacial score (nSPS) is 18.8. The SMILES string of the molecule is CCSCCC(C)NC(=O)C1CNc2ccccc2C1. The van der Waals surface area contributed by atoms with Crippen molar-refractivity contribution in [3.63, 3.8) is 0 Å². The lowest BCUT2D eigenvalue weighted by Crippen LogP contribution is -2.42. The molecular formula is C16H24N2OS. The van der Waals surface area contributed by atoms with Crippen LogP contribution in [0.25, 0.3) is 0 Å². The zero-order valence-electron chi connectivity index (χ0n) is 12.3. The van der Waals surface area contributed by atoms with Crippen LogP contribution in [0.2, 0.25) is 0 Å². The minimum atomic E-state index is 0.0474. The van der Waals surface area contributed by atoms with Gasteiger partial charge in [-0.1, -0.05) is 25.1 Å². The molecule has 1 amide bonds. The summed E-state index contributed by atoms with van der Waals surface area (Å²) in [6.45, 7) is 5.00. The summed E-state index contributed by atoms with van der Waals surface area (Å²) in [6, 6.07) is 8.50. The third kappa shape index (κ3) is 4.17. The molecule has 2 N–H and O–H groups in total. The standard InChI is InChI=1S/C16H24N2OS/c1-3-20-9-8-12(2)18-16(19)14-10-13-6-4-5-7-15(13)17-11-14/h4-7,12,14,17H,3,8-11H2,1-2H3,(H,18,19). The first kappa shape index (κ1) is 15.2. The summed E-state index contributed by atoms with van der Waals surface area (Å²) in [5.41, 5.74) is 2.41. The van der Waals surface area contributed by atoms with Crippen LogP contribution in [-0.2, 0) is 11.2 Å². The Kier molecular flexibility index (Phi) is 5.77. The predicted octanol–water partition coefficient (Wildman–Crippen LogP) is 2.92. The maximum atomic E-state index is 12.3. The second-order valence-electron chi connectivity index (χ2n) is 5.33. The molecule has 0 aromatic heterocycles. The van der Waals surface area contributed by atoms with Gasteiger partial charge in [0, 0.05) is 18.3 Å². The molecule has 20 heavy (non-hydrogen) atoms. The molecular weight excluding hydrogens is 268 g/mol. The molecule has 0 radical (unpaired) electrons. The topological polar surface area (TPSA) is 41.1 Å².